The molecule has 2 rings (SSSR count). The molecule has 1 amide bonds. The molecule has 0 bridgehead atoms. The number of thiazole rings is 1. The summed E-state index contributed by atoms with van der Waals surface area (Å²) in [5.74, 6) is 0. The zero-order valence-corrected chi connectivity index (χ0v) is 13.1. The first-order chi connectivity index (χ1) is 8.58. The molecule has 1 aromatic rings. The summed E-state index contributed by atoms with van der Waals surface area (Å²) in [6.07, 6.45) is 5.90. The first kappa shape index (κ1) is 14.4. The highest BCUT2D eigenvalue weighted by Crippen LogP contribution is 2.35. The number of carbonyl (C=O) groups excluding carboxylic acids is 1. The van der Waals surface area contributed by atoms with E-state index in [9.17, 15) is 4.79 Å². The summed E-state index contributed by atoms with van der Waals surface area (Å²) in [4.78, 5) is 18.0. The second-order valence-electron chi connectivity index (χ2n) is 4.31. The van der Waals surface area contributed by atoms with Crippen LogP contribution >= 0.6 is 46.3 Å². The van der Waals surface area contributed by atoms with Crippen molar-refractivity contribution in [3.05, 3.63) is 9.49 Å². The molecule has 0 atom stereocenters. The molecular weight excluding hydrogens is 311 g/mol. The van der Waals surface area contributed by atoms with E-state index in [1.165, 1.54) is 30.6 Å². The van der Waals surface area contributed by atoms with Gasteiger partial charge in [0.15, 0.2) is 9.49 Å². The molecule has 0 unspecified atom stereocenters. The molecule has 0 saturated heterocycles. The van der Waals surface area contributed by atoms with E-state index in [1.54, 1.807) is 0 Å². The second kappa shape index (κ2) is 6.46. The third-order valence-electron chi connectivity index (χ3n) is 3.11. The number of carbonyl (C=O) groups is 1. The molecule has 0 aromatic carbocycles. The Morgan fingerprint density at radius 1 is 1.39 bits per heavy atom. The maximum absolute atomic E-state index is 12.1. The molecule has 0 radical (unpaired) electrons. The zero-order valence-electron chi connectivity index (χ0n) is 9.99. The standard InChI is InChI=1S/C11H14Cl2N2OS2/c1-15(7-5-3-2-4-6-7)11(16)18-10-14-8(12)9(13)17-10/h7H,2-6H2,1H3. The van der Waals surface area contributed by atoms with Gasteiger partial charge in [-0.1, -0.05) is 53.8 Å². The average Bonchev–Trinajstić information content (AvgIpc) is 2.68. The minimum atomic E-state index is 0.0176. The Kier molecular flexibility index (Phi) is 5.18. The van der Waals surface area contributed by atoms with Crippen LogP contribution in [0.4, 0.5) is 4.79 Å². The van der Waals surface area contributed by atoms with Gasteiger partial charge >= 0.3 is 0 Å². The van der Waals surface area contributed by atoms with Crippen molar-refractivity contribution in [2.75, 3.05) is 7.05 Å². The Morgan fingerprint density at radius 3 is 2.61 bits per heavy atom. The lowest BCUT2D eigenvalue weighted by atomic mass is 9.95. The molecule has 1 aromatic heterocycles. The predicted octanol–water partition coefficient (Wildman–Crippen LogP) is 4.93. The Bertz CT molecular complexity index is 413. The molecule has 0 spiro atoms. The van der Waals surface area contributed by atoms with E-state index in [0.717, 1.165) is 24.6 Å². The van der Waals surface area contributed by atoms with Crippen molar-refractivity contribution in [2.45, 2.75) is 42.5 Å². The molecule has 1 fully saturated rings. The number of aromatic nitrogens is 1. The maximum atomic E-state index is 12.1. The van der Waals surface area contributed by atoms with Gasteiger partial charge in [-0.25, -0.2) is 4.98 Å². The third kappa shape index (κ3) is 3.53. The van der Waals surface area contributed by atoms with Crippen molar-refractivity contribution in [1.82, 2.24) is 9.88 Å². The van der Waals surface area contributed by atoms with Gasteiger partial charge in [-0.3, -0.25) is 4.79 Å². The molecule has 100 valence electrons. The SMILES string of the molecule is CN(C(=O)Sc1nc(Cl)c(Cl)s1)C1CCCCC1. The molecule has 1 saturated carbocycles. The molecular formula is C11H14Cl2N2OS2. The second-order valence-corrected chi connectivity index (χ2v) is 7.47. The summed E-state index contributed by atoms with van der Waals surface area (Å²) >= 11 is 13.9. The number of thioether (sulfide) groups is 1. The lowest BCUT2D eigenvalue weighted by Gasteiger charge is -2.30. The van der Waals surface area contributed by atoms with Crippen LogP contribution < -0.4 is 0 Å². The van der Waals surface area contributed by atoms with Crippen LogP contribution in [-0.2, 0) is 0 Å². The fourth-order valence-electron chi connectivity index (χ4n) is 2.07. The van der Waals surface area contributed by atoms with Crippen molar-refractivity contribution in [1.29, 1.82) is 0 Å². The van der Waals surface area contributed by atoms with Crippen molar-refractivity contribution in [3.8, 4) is 0 Å². The van der Waals surface area contributed by atoms with Crippen LogP contribution in [0.5, 0.6) is 0 Å². The van der Waals surface area contributed by atoms with Crippen LogP contribution in [0, 0.1) is 0 Å². The van der Waals surface area contributed by atoms with Crippen LogP contribution in [0.2, 0.25) is 9.49 Å². The number of halogens is 2. The minimum absolute atomic E-state index is 0.0176. The number of hydrogen-bond donors (Lipinski definition) is 0. The maximum Gasteiger partial charge on any atom is 0.288 e. The number of hydrogen-bond acceptors (Lipinski definition) is 4. The minimum Gasteiger partial charge on any atom is -0.333 e. The Labute approximate surface area is 125 Å². The number of nitrogens with zero attached hydrogens (tertiary/aromatic N) is 2. The third-order valence-corrected chi connectivity index (χ3v) is 5.87. The van der Waals surface area contributed by atoms with Gasteiger partial charge in [-0.2, -0.15) is 0 Å². The summed E-state index contributed by atoms with van der Waals surface area (Å²) in [5, 5.41) is 0.293. The Morgan fingerprint density at radius 2 is 2.06 bits per heavy atom. The van der Waals surface area contributed by atoms with E-state index in [2.05, 4.69) is 4.98 Å². The lowest BCUT2D eigenvalue weighted by molar-refractivity contribution is 0.196. The van der Waals surface area contributed by atoms with Gasteiger partial charge < -0.3 is 4.90 Å². The molecule has 1 aliphatic carbocycles. The Balaban J connectivity index is 1.94. The van der Waals surface area contributed by atoms with Crippen LogP contribution in [0.15, 0.2) is 4.34 Å². The van der Waals surface area contributed by atoms with Crippen LogP contribution in [0.1, 0.15) is 32.1 Å². The quantitative estimate of drug-likeness (QED) is 0.723. The predicted molar refractivity (Wildman–Crippen MR) is 78.0 cm³/mol. The molecule has 7 heteroatoms. The lowest BCUT2D eigenvalue weighted by Crippen LogP contribution is -2.35. The van der Waals surface area contributed by atoms with E-state index >= 15 is 0 Å². The topological polar surface area (TPSA) is 33.2 Å². The highest BCUT2D eigenvalue weighted by molar-refractivity contribution is 8.14. The van der Waals surface area contributed by atoms with E-state index in [4.69, 9.17) is 23.2 Å². The number of rotatable bonds is 2. The summed E-state index contributed by atoms with van der Waals surface area (Å²) in [6.45, 7) is 0. The van der Waals surface area contributed by atoms with E-state index < -0.39 is 0 Å². The summed E-state index contributed by atoms with van der Waals surface area (Å²) < 4.78 is 1.05. The fraction of sp³-hybridized carbons (Fsp3) is 0.636. The first-order valence-corrected chi connectivity index (χ1v) is 8.23. The monoisotopic (exact) mass is 324 g/mol. The fourth-order valence-corrected chi connectivity index (χ4v) is 4.40. The molecule has 1 aliphatic rings. The van der Waals surface area contributed by atoms with Gasteiger partial charge in [-0.15, -0.1) is 0 Å². The summed E-state index contributed by atoms with van der Waals surface area (Å²) in [5.41, 5.74) is 0. The van der Waals surface area contributed by atoms with Crippen molar-refractivity contribution in [2.24, 2.45) is 0 Å². The van der Waals surface area contributed by atoms with Crippen molar-refractivity contribution >= 4 is 51.5 Å². The van der Waals surface area contributed by atoms with Gasteiger partial charge in [0.05, 0.1) is 0 Å². The van der Waals surface area contributed by atoms with E-state index in [0.29, 0.717) is 14.7 Å². The highest BCUT2D eigenvalue weighted by atomic mass is 35.5. The zero-order chi connectivity index (χ0) is 13.1. The van der Waals surface area contributed by atoms with E-state index in [1.807, 2.05) is 11.9 Å². The van der Waals surface area contributed by atoms with Gasteiger partial charge in [0.1, 0.15) is 4.34 Å². The largest absolute Gasteiger partial charge is 0.333 e. The van der Waals surface area contributed by atoms with Gasteiger partial charge in [0.25, 0.3) is 5.24 Å². The molecule has 18 heavy (non-hydrogen) atoms. The van der Waals surface area contributed by atoms with Gasteiger partial charge in [0, 0.05) is 24.9 Å². The molecule has 1 heterocycles. The average molecular weight is 325 g/mol. The summed E-state index contributed by atoms with van der Waals surface area (Å²) in [7, 11) is 1.86. The number of amides is 1. The normalized spacial score (nSPS) is 16.8. The highest BCUT2D eigenvalue weighted by Gasteiger charge is 2.23. The van der Waals surface area contributed by atoms with Gasteiger partial charge in [-0.05, 0) is 12.8 Å². The molecule has 0 aliphatic heterocycles. The van der Waals surface area contributed by atoms with E-state index in [-0.39, 0.29) is 10.4 Å². The first-order valence-electron chi connectivity index (χ1n) is 5.84. The van der Waals surface area contributed by atoms with Crippen LogP contribution in [0.3, 0.4) is 0 Å². The summed E-state index contributed by atoms with van der Waals surface area (Å²) in [6, 6.07) is 0.365. The molecule has 3 nitrogen and oxygen atoms in total. The van der Waals surface area contributed by atoms with Crippen molar-refractivity contribution < 1.29 is 4.79 Å². The van der Waals surface area contributed by atoms with Crippen LogP contribution in [0.25, 0.3) is 0 Å². The van der Waals surface area contributed by atoms with Crippen molar-refractivity contribution in [3.63, 3.8) is 0 Å². The molecule has 0 N–H and O–H groups in total. The Hall–Kier alpha value is 0.0300. The smallest absolute Gasteiger partial charge is 0.288 e. The van der Waals surface area contributed by atoms with Gasteiger partial charge in [0.2, 0.25) is 0 Å². The van der Waals surface area contributed by atoms with Crippen LogP contribution in [-0.4, -0.2) is 28.2 Å².